The van der Waals surface area contributed by atoms with Gasteiger partial charge in [-0.2, -0.15) is 0 Å². The van der Waals surface area contributed by atoms with E-state index in [1.807, 2.05) is 0 Å². The zero-order valence-corrected chi connectivity index (χ0v) is 10.6. The van der Waals surface area contributed by atoms with Crippen LogP contribution < -0.4 is 0 Å². The molecule has 0 aromatic carbocycles. The third-order valence-electron chi connectivity index (χ3n) is 4.67. The first-order valence-electron chi connectivity index (χ1n) is 6.25. The number of carboxylic acids is 1. The van der Waals surface area contributed by atoms with Gasteiger partial charge in [0.05, 0.1) is 5.92 Å². The monoisotopic (exact) mass is 228 g/mol. The van der Waals surface area contributed by atoms with Crippen LogP contribution in [0.1, 0.15) is 46.5 Å². The Bertz CT molecular complexity index is 242. The van der Waals surface area contributed by atoms with Gasteiger partial charge in [-0.25, -0.2) is 0 Å². The number of hydrogen-bond donors (Lipinski definition) is 2. The highest BCUT2D eigenvalue weighted by molar-refractivity contribution is 5.69. The van der Waals surface area contributed by atoms with Gasteiger partial charge in [0.1, 0.15) is 0 Å². The van der Waals surface area contributed by atoms with Crippen molar-refractivity contribution in [3.63, 3.8) is 0 Å². The Morgan fingerprint density at radius 3 is 2.12 bits per heavy atom. The average molecular weight is 228 g/mol. The lowest BCUT2D eigenvalue weighted by molar-refractivity contribution is -0.143. The molecule has 2 N–H and O–H groups in total. The van der Waals surface area contributed by atoms with E-state index in [0.717, 1.165) is 25.7 Å². The van der Waals surface area contributed by atoms with Gasteiger partial charge in [0.15, 0.2) is 0 Å². The molecule has 1 saturated carbocycles. The highest BCUT2D eigenvalue weighted by atomic mass is 16.4. The van der Waals surface area contributed by atoms with Gasteiger partial charge in [-0.3, -0.25) is 4.79 Å². The van der Waals surface area contributed by atoms with Crippen molar-refractivity contribution in [2.75, 3.05) is 6.61 Å². The summed E-state index contributed by atoms with van der Waals surface area (Å²) in [7, 11) is 0. The van der Waals surface area contributed by atoms with Crippen LogP contribution in [-0.2, 0) is 4.79 Å². The van der Waals surface area contributed by atoms with Gasteiger partial charge in [-0.1, -0.05) is 20.8 Å². The molecule has 1 aliphatic carbocycles. The van der Waals surface area contributed by atoms with Crippen molar-refractivity contribution in [2.45, 2.75) is 46.5 Å². The fourth-order valence-corrected chi connectivity index (χ4v) is 2.78. The molecule has 0 amide bonds. The van der Waals surface area contributed by atoms with Crippen LogP contribution in [0, 0.1) is 23.2 Å². The molecule has 0 spiro atoms. The second kappa shape index (κ2) is 5.17. The van der Waals surface area contributed by atoms with E-state index < -0.39 is 5.97 Å². The molecule has 0 saturated heterocycles. The largest absolute Gasteiger partial charge is 0.481 e. The number of carboxylic acid groups (broad SMARTS) is 1. The molecule has 0 aromatic heterocycles. The first kappa shape index (κ1) is 13.5. The summed E-state index contributed by atoms with van der Waals surface area (Å²) < 4.78 is 0. The van der Waals surface area contributed by atoms with Crippen LogP contribution in [0.15, 0.2) is 0 Å². The summed E-state index contributed by atoms with van der Waals surface area (Å²) in [5.74, 6) is 0.0806. The normalized spacial score (nSPS) is 30.1. The summed E-state index contributed by atoms with van der Waals surface area (Å²) >= 11 is 0. The van der Waals surface area contributed by atoms with Crippen molar-refractivity contribution in [1.82, 2.24) is 0 Å². The molecule has 0 aliphatic heterocycles. The minimum Gasteiger partial charge on any atom is -0.481 e. The minimum absolute atomic E-state index is 0.0521. The quantitative estimate of drug-likeness (QED) is 0.777. The minimum atomic E-state index is -0.659. The third-order valence-corrected chi connectivity index (χ3v) is 4.67. The summed E-state index contributed by atoms with van der Waals surface area (Å²) in [6, 6.07) is 0. The highest BCUT2D eigenvalue weighted by Crippen LogP contribution is 2.44. The van der Waals surface area contributed by atoms with Crippen LogP contribution in [0.2, 0.25) is 0 Å². The van der Waals surface area contributed by atoms with Crippen molar-refractivity contribution in [3.05, 3.63) is 0 Å². The molecule has 16 heavy (non-hydrogen) atoms. The van der Waals surface area contributed by atoms with Crippen molar-refractivity contribution >= 4 is 5.97 Å². The standard InChI is InChI=1S/C13H24O3/c1-9(2)13(3,8-14)11-6-4-10(5-7-11)12(15)16/h9-11,14H,4-8H2,1-3H3,(H,15,16). The Hall–Kier alpha value is -0.570. The Morgan fingerprint density at radius 2 is 1.81 bits per heavy atom. The van der Waals surface area contributed by atoms with E-state index in [4.69, 9.17) is 5.11 Å². The molecule has 1 rings (SSSR count). The van der Waals surface area contributed by atoms with Crippen LogP contribution in [0.25, 0.3) is 0 Å². The molecule has 1 fully saturated rings. The van der Waals surface area contributed by atoms with Crippen molar-refractivity contribution in [1.29, 1.82) is 0 Å². The first-order valence-corrected chi connectivity index (χ1v) is 6.25. The lowest BCUT2D eigenvalue weighted by Gasteiger charge is -2.42. The van der Waals surface area contributed by atoms with Crippen LogP contribution >= 0.6 is 0 Å². The molecule has 1 aliphatic rings. The van der Waals surface area contributed by atoms with E-state index in [1.165, 1.54) is 0 Å². The lowest BCUT2D eigenvalue weighted by atomic mass is 9.63. The van der Waals surface area contributed by atoms with Crippen LogP contribution in [0.5, 0.6) is 0 Å². The fourth-order valence-electron chi connectivity index (χ4n) is 2.78. The van der Waals surface area contributed by atoms with E-state index in [1.54, 1.807) is 0 Å². The molecule has 1 unspecified atom stereocenters. The molecular weight excluding hydrogens is 204 g/mol. The predicted octanol–water partition coefficient (Wildman–Crippen LogP) is 2.53. The molecular formula is C13H24O3. The van der Waals surface area contributed by atoms with Gasteiger partial charge < -0.3 is 10.2 Å². The van der Waals surface area contributed by atoms with Gasteiger partial charge in [0.25, 0.3) is 0 Å². The summed E-state index contributed by atoms with van der Waals surface area (Å²) in [5.41, 5.74) is -0.0521. The fraction of sp³-hybridized carbons (Fsp3) is 0.923. The number of aliphatic hydroxyl groups excluding tert-OH is 1. The first-order chi connectivity index (χ1) is 7.41. The lowest BCUT2D eigenvalue weighted by Crippen LogP contribution is -2.39. The number of aliphatic hydroxyl groups is 1. The number of rotatable bonds is 4. The van der Waals surface area contributed by atoms with Crippen LogP contribution in [-0.4, -0.2) is 22.8 Å². The maximum absolute atomic E-state index is 10.9. The van der Waals surface area contributed by atoms with Gasteiger partial charge in [-0.15, -0.1) is 0 Å². The zero-order valence-electron chi connectivity index (χ0n) is 10.6. The number of hydrogen-bond acceptors (Lipinski definition) is 2. The molecule has 94 valence electrons. The summed E-state index contributed by atoms with van der Waals surface area (Å²) in [5, 5.41) is 18.5. The summed E-state index contributed by atoms with van der Waals surface area (Å²) in [6.45, 7) is 6.61. The second-order valence-corrected chi connectivity index (χ2v) is 5.71. The van der Waals surface area contributed by atoms with Gasteiger partial charge in [0, 0.05) is 6.61 Å². The van der Waals surface area contributed by atoms with Gasteiger partial charge >= 0.3 is 5.97 Å². The Morgan fingerprint density at radius 1 is 1.31 bits per heavy atom. The van der Waals surface area contributed by atoms with Gasteiger partial charge in [0.2, 0.25) is 0 Å². The number of carbonyl (C=O) groups is 1. The maximum Gasteiger partial charge on any atom is 0.306 e. The molecule has 3 heteroatoms. The van der Waals surface area contributed by atoms with Crippen LogP contribution in [0.4, 0.5) is 0 Å². The van der Waals surface area contributed by atoms with E-state index in [2.05, 4.69) is 20.8 Å². The molecule has 3 nitrogen and oxygen atoms in total. The third kappa shape index (κ3) is 2.57. The zero-order chi connectivity index (χ0) is 12.3. The van der Waals surface area contributed by atoms with Crippen molar-refractivity contribution in [2.24, 2.45) is 23.2 Å². The highest BCUT2D eigenvalue weighted by Gasteiger charge is 2.39. The maximum atomic E-state index is 10.9. The van der Waals surface area contributed by atoms with E-state index in [9.17, 15) is 9.90 Å². The van der Waals surface area contributed by atoms with E-state index >= 15 is 0 Å². The summed E-state index contributed by atoms with van der Waals surface area (Å²) in [4.78, 5) is 10.9. The molecule has 0 aromatic rings. The topological polar surface area (TPSA) is 57.5 Å². The Labute approximate surface area is 97.9 Å². The van der Waals surface area contributed by atoms with E-state index in [0.29, 0.717) is 11.8 Å². The average Bonchev–Trinajstić information content (AvgIpc) is 2.27. The molecule has 0 heterocycles. The Kier molecular flexibility index (Phi) is 4.36. The summed E-state index contributed by atoms with van der Waals surface area (Å²) in [6.07, 6.45) is 3.41. The number of aliphatic carboxylic acids is 1. The Balaban J connectivity index is 2.61. The SMILES string of the molecule is CC(C)C(C)(CO)C1CCC(C(=O)O)CC1. The van der Waals surface area contributed by atoms with Gasteiger partial charge in [-0.05, 0) is 42.9 Å². The molecule has 0 radical (unpaired) electrons. The molecule has 1 atom stereocenters. The van der Waals surface area contributed by atoms with Crippen molar-refractivity contribution < 1.29 is 15.0 Å². The second-order valence-electron chi connectivity index (χ2n) is 5.71. The smallest absolute Gasteiger partial charge is 0.306 e. The van der Waals surface area contributed by atoms with E-state index in [-0.39, 0.29) is 17.9 Å². The molecule has 0 bridgehead atoms. The predicted molar refractivity (Wildman–Crippen MR) is 63.1 cm³/mol. The van der Waals surface area contributed by atoms with Crippen LogP contribution in [0.3, 0.4) is 0 Å². The van der Waals surface area contributed by atoms with Crippen molar-refractivity contribution in [3.8, 4) is 0 Å².